The Labute approximate surface area is 136 Å². The number of amides is 1. The summed E-state index contributed by atoms with van der Waals surface area (Å²) < 4.78 is 8.63. The maximum atomic E-state index is 12.2. The lowest BCUT2D eigenvalue weighted by molar-refractivity contribution is 0.100. The van der Waals surface area contributed by atoms with Crippen LogP contribution in [0.15, 0.2) is 46.8 Å². The maximum absolute atomic E-state index is 12.2. The summed E-state index contributed by atoms with van der Waals surface area (Å²) in [4.78, 5) is 17.9. The Balaban J connectivity index is 2.03. The zero-order valence-electron chi connectivity index (χ0n) is 12.2. The normalized spacial score (nSPS) is 12.1. The molecule has 1 amide bonds. The molecule has 3 rings (SSSR count). The molecule has 2 heterocycles. The van der Waals surface area contributed by atoms with E-state index in [0.717, 1.165) is 15.0 Å². The first-order valence-electron chi connectivity index (χ1n) is 7.08. The highest BCUT2D eigenvalue weighted by molar-refractivity contribution is 7.16. The van der Waals surface area contributed by atoms with Crippen LogP contribution in [0.4, 0.5) is 0 Å². The number of hydrogen-bond donors (Lipinski definition) is 0. The highest BCUT2D eigenvalue weighted by Gasteiger charge is 2.09. The molecule has 0 bridgehead atoms. The Morgan fingerprint density at radius 3 is 2.91 bits per heavy atom. The fraction of sp³-hybridized carbons (Fsp3) is 0.250. The van der Waals surface area contributed by atoms with Crippen molar-refractivity contribution in [2.24, 2.45) is 4.99 Å². The van der Waals surface area contributed by atoms with E-state index in [-0.39, 0.29) is 5.91 Å². The summed E-state index contributed by atoms with van der Waals surface area (Å²) in [6.07, 6.45) is 0. The number of hydrogen-bond acceptors (Lipinski definition) is 4. The summed E-state index contributed by atoms with van der Waals surface area (Å²) in [7, 11) is 0. The smallest absolute Gasteiger partial charge is 0.289 e. The predicted octanol–water partition coefficient (Wildman–Crippen LogP) is 3.54. The zero-order valence-corrected chi connectivity index (χ0v) is 13.8. The SMILES string of the molecule is CCOCCn1c(=NC(=O)c2cccs2)sc2ccccc21. The number of carbonyl (C=O) groups excluding carboxylic acids is 1. The minimum Gasteiger partial charge on any atom is -0.380 e. The van der Waals surface area contributed by atoms with Gasteiger partial charge in [0.1, 0.15) is 0 Å². The molecule has 0 N–H and O–H groups in total. The topological polar surface area (TPSA) is 43.6 Å². The van der Waals surface area contributed by atoms with Crippen molar-refractivity contribution in [1.29, 1.82) is 0 Å². The molecule has 0 saturated heterocycles. The Morgan fingerprint density at radius 2 is 2.14 bits per heavy atom. The van der Waals surface area contributed by atoms with Gasteiger partial charge in [-0.3, -0.25) is 4.79 Å². The Bertz CT molecular complexity index is 831. The molecule has 22 heavy (non-hydrogen) atoms. The van der Waals surface area contributed by atoms with Gasteiger partial charge in [-0.15, -0.1) is 11.3 Å². The molecule has 0 spiro atoms. The van der Waals surface area contributed by atoms with Gasteiger partial charge in [0.2, 0.25) is 0 Å². The molecule has 4 nitrogen and oxygen atoms in total. The molecule has 1 aromatic carbocycles. The molecule has 0 saturated carbocycles. The molecule has 3 aromatic rings. The van der Waals surface area contributed by atoms with E-state index in [4.69, 9.17) is 4.74 Å². The van der Waals surface area contributed by atoms with Gasteiger partial charge in [0, 0.05) is 13.2 Å². The van der Waals surface area contributed by atoms with Crippen LogP contribution in [0.3, 0.4) is 0 Å². The molecule has 2 aromatic heterocycles. The van der Waals surface area contributed by atoms with Crippen LogP contribution < -0.4 is 4.80 Å². The second-order valence-corrected chi connectivity index (χ2v) is 6.55. The number of fused-ring (bicyclic) bond motifs is 1. The average Bonchev–Trinajstić information content (AvgIpc) is 3.16. The van der Waals surface area contributed by atoms with Crippen LogP contribution in [0, 0.1) is 0 Å². The molecular formula is C16H16N2O2S2. The highest BCUT2D eigenvalue weighted by Crippen LogP contribution is 2.17. The third-order valence-electron chi connectivity index (χ3n) is 3.18. The van der Waals surface area contributed by atoms with Crippen LogP contribution in [0.2, 0.25) is 0 Å². The molecule has 0 unspecified atom stereocenters. The number of carbonyl (C=O) groups is 1. The molecule has 6 heteroatoms. The summed E-state index contributed by atoms with van der Waals surface area (Å²) in [6.45, 7) is 3.96. The van der Waals surface area contributed by atoms with Gasteiger partial charge in [0.15, 0.2) is 4.80 Å². The number of ether oxygens (including phenoxy) is 1. The van der Waals surface area contributed by atoms with Gasteiger partial charge in [-0.2, -0.15) is 4.99 Å². The van der Waals surface area contributed by atoms with Gasteiger partial charge in [0.25, 0.3) is 5.91 Å². The van der Waals surface area contributed by atoms with E-state index in [2.05, 4.69) is 9.56 Å². The second kappa shape index (κ2) is 7.00. The Morgan fingerprint density at radius 1 is 1.27 bits per heavy atom. The number of benzene rings is 1. The van der Waals surface area contributed by atoms with E-state index in [1.165, 1.54) is 22.7 Å². The maximum Gasteiger partial charge on any atom is 0.289 e. The van der Waals surface area contributed by atoms with Gasteiger partial charge < -0.3 is 9.30 Å². The van der Waals surface area contributed by atoms with Gasteiger partial charge in [-0.25, -0.2) is 0 Å². The summed E-state index contributed by atoms with van der Waals surface area (Å²) in [6, 6.07) is 11.8. The molecule has 0 aliphatic rings. The van der Waals surface area contributed by atoms with Gasteiger partial charge in [-0.1, -0.05) is 29.5 Å². The van der Waals surface area contributed by atoms with Crippen molar-refractivity contribution < 1.29 is 9.53 Å². The summed E-state index contributed by atoms with van der Waals surface area (Å²) in [5, 5.41) is 1.89. The number of rotatable bonds is 5. The standard InChI is InChI=1S/C16H16N2O2S2/c1-2-20-10-9-18-12-6-3-4-7-13(12)22-16(18)17-15(19)14-8-5-11-21-14/h3-8,11H,2,9-10H2,1H3. The molecule has 0 fully saturated rings. The van der Waals surface area contributed by atoms with E-state index >= 15 is 0 Å². The van der Waals surface area contributed by atoms with Gasteiger partial charge in [-0.05, 0) is 30.5 Å². The van der Waals surface area contributed by atoms with Gasteiger partial charge in [0.05, 0.1) is 21.7 Å². The number of aromatic nitrogens is 1. The summed E-state index contributed by atoms with van der Waals surface area (Å²) >= 11 is 2.94. The van der Waals surface area contributed by atoms with E-state index in [0.29, 0.717) is 24.6 Å². The predicted molar refractivity (Wildman–Crippen MR) is 90.5 cm³/mol. The van der Waals surface area contributed by atoms with Gasteiger partial charge >= 0.3 is 0 Å². The first-order valence-corrected chi connectivity index (χ1v) is 8.78. The van der Waals surface area contributed by atoms with Crippen molar-refractivity contribution in [2.45, 2.75) is 13.5 Å². The van der Waals surface area contributed by atoms with Crippen molar-refractivity contribution in [2.75, 3.05) is 13.2 Å². The fourth-order valence-electron chi connectivity index (χ4n) is 2.16. The third kappa shape index (κ3) is 3.19. The van der Waals surface area contributed by atoms with Crippen molar-refractivity contribution in [1.82, 2.24) is 4.57 Å². The van der Waals surface area contributed by atoms with Crippen molar-refractivity contribution in [3.63, 3.8) is 0 Å². The van der Waals surface area contributed by atoms with E-state index in [9.17, 15) is 4.79 Å². The average molecular weight is 332 g/mol. The van der Waals surface area contributed by atoms with E-state index < -0.39 is 0 Å². The van der Waals surface area contributed by atoms with Crippen LogP contribution in [-0.2, 0) is 11.3 Å². The largest absolute Gasteiger partial charge is 0.380 e. The zero-order chi connectivity index (χ0) is 15.4. The van der Waals surface area contributed by atoms with Crippen LogP contribution in [-0.4, -0.2) is 23.7 Å². The quantitative estimate of drug-likeness (QED) is 0.671. The second-order valence-electron chi connectivity index (χ2n) is 4.60. The fourth-order valence-corrected chi connectivity index (χ4v) is 3.83. The third-order valence-corrected chi connectivity index (χ3v) is 5.10. The van der Waals surface area contributed by atoms with E-state index in [1.54, 1.807) is 6.07 Å². The first kappa shape index (κ1) is 15.1. The van der Waals surface area contributed by atoms with Crippen LogP contribution >= 0.6 is 22.7 Å². The monoisotopic (exact) mass is 332 g/mol. The Hall–Kier alpha value is -1.76. The molecule has 0 atom stereocenters. The minimum atomic E-state index is -0.188. The van der Waals surface area contributed by atoms with E-state index in [1.807, 2.05) is 42.6 Å². The molecule has 0 aliphatic carbocycles. The first-order chi connectivity index (χ1) is 10.8. The molecule has 0 aliphatic heterocycles. The number of nitrogens with zero attached hydrogens (tertiary/aromatic N) is 2. The van der Waals surface area contributed by atoms with Crippen LogP contribution in [0.5, 0.6) is 0 Å². The summed E-state index contributed by atoms with van der Waals surface area (Å²) in [5.74, 6) is -0.188. The molecule has 0 radical (unpaired) electrons. The molecule has 114 valence electrons. The number of thiophene rings is 1. The van der Waals surface area contributed by atoms with Crippen LogP contribution in [0.1, 0.15) is 16.6 Å². The van der Waals surface area contributed by atoms with Crippen molar-refractivity contribution >= 4 is 38.8 Å². The lowest BCUT2D eigenvalue weighted by atomic mass is 10.3. The summed E-state index contributed by atoms with van der Waals surface area (Å²) in [5.41, 5.74) is 1.09. The lowest BCUT2D eigenvalue weighted by Crippen LogP contribution is -2.19. The number of thiazole rings is 1. The van der Waals surface area contributed by atoms with Crippen molar-refractivity contribution in [3.05, 3.63) is 51.5 Å². The lowest BCUT2D eigenvalue weighted by Gasteiger charge is -2.05. The molecular weight excluding hydrogens is 316 g/mol. The Kier molecular flexibility index (Phi) is 4.82. The van der Waals surface area contributed by atoms with Crippen LogP contribution in [0.25, 0.3) is 10.2 Å². The number of para-hydroxylation sites is 1. The minimum absolute atomic E-state index is 0.188. The highest BCUT2D eigenvalue weighted by atomic mass is 32.1. The van der Waals surface area contributed by atoms with Crippen molar-refractivity contribution in [3.8, 4) is 0 Å².